The molecule has 2 aromatic rings. The predicted octanol–water partition coefficient (Wildman–Crippen LogP) is 1.73. The SMILES string of the molecule is CCNc1n[nH]cc1C1=CSC(N)N1c1nccc(C)n1. The van der Waals surface area contributed by atoms with Crippen molar-refractivity contribution in [3.05, 3.63) is 35.1 Å². The second kappa shape index (κ2) is 5.74. The van der Waals surface area contributed by atoms with Gasteiger partial charge in [-0.25, -0.2) is 9.97 Å². The molecule has 0 aromatic carbocycles. The van der Waals surface area contributed by atoms with Crippen LogP contribution in [0.4, 0.5) is 11.8 Å². The Balaban J connectivity index is 1.99. The van der Waals surface area contributed by atoms with Gasteiger partial charge in [-0.2, -0.15) is 5.10 Å². The van der Waals surface area contributed by atoms with E-state index in [-0.39, 0.29) is 5.50 Å². The van der Waals surface area contributed by atoms with Gasteiger partial charge in [-0.1, -0.05) is 11.8 Å². The molecular formula is C13H17N7S. The summed E-state index contributed by atoms with van der Waals surface area (Å²) < 4.78 is 0. The van der Waals surface area contributed by atoms with Crippen molar-refractivity contribution < 1.29 is 0 Å². The molecule has 0 radical (unpaired) electrons. The van der Waals surface area contributed by atoms with Crippen LogP contribution >= 0.6 is 11.8 Å². The Morgan fingerprint density at radius 2 is 2.38 bits per heavy atom. The van der Waals surface area contributed by atoms with E-state index < -0.39 is 0 Å². The molecule has 8 heteroatoms. The lowest BCUT2D eigenvalue weighted by Crippen LogP contribution is -2.36. The largest absolute Gasteiger partial charge is 0.368 e. The van der Waals surface area contributed by atoms with Crippen LogP contribution < -0.4 is 16.0 Å². The van der Waals surface area contributed by atoms with Gasteiger partial charge in [-0.05, 0) is 25.3 Å². The van der Waals surface area contributed by atoms with Gasteiger partial charge >= 0.3 is 0 Å². The molecule has 1 unspecified atom stereocenters. The molecule has 21 heavy (non-hydrogen) atoms. The number of aromatic nitrogens is 4. The standard InChI is InChI=1S/C13H17N7S/c1-3-15-11-9(6-17-19-11)10-7-21-12(14)20(10)13-16-5-4-8(2)18-13/h4-7,12H,3,14H2,1-2H3,(H2,15,17,19). The van der Waals surface area contributed by atoms with Crippen molar-refractivity contribution in [1.29, 1.82) is 0 Å². The zero-order valence-electron chi connectivity index (χ0n) is 11.9. The van der Waals surface area contributed by atoms with Gasteiger partial charge in [0.1, 0.15) is 5.50 Å². The van der Waals surface area contributed by atoms with Crippen LogP contribution in [0.5, 0.6) is 0 Å². The average molecular weight is 303 g/mol. The number of hydrogen-bond acceptors (Lipinski definition) is 7. The van der Waals surface area contributed by atoms with Gasteiger partial charge in [0.25, 0.3) is 0 Å². The normalized spacial score (nSPS) is 18.0. The van der Waals surface area contributed by atoms with Gasteiger partial charge in [0.15, 0.2) is 5.82 Å². The highest BCUT2D eigenvalue weighted by atomic mass is 32.2. The molecule has 1 aliphatic heterocycles. The average Bonchev–Trinajstić information content (AvgIpc) is 3.05. The molecule has 0 fully saturated rings. The van der Waals surface area contributed by atoms with Crippen LogP contribution in [0.1, 0.15) is 18.2 Å². The zero-order chi connectivity index (χ0) is 14.8. The maximum atomic E-state index is 6.19. The minimum absolute atomic E-state index is 0.244. The Morgan fingerprint density at radius 1 is 1.52 bits per heavy atom. The van der Waals surface area contributed by atoms with Crippen LogP contribution in [-0.4, -0.2) is 32.2 Å². The fourth-order valence-electron chi connectivity index (χ4n) is 2.14. The summed E-state index contributed by atoms with van der Waals surface area (Å²) in [5, 5.41) is 12.4. The molecule has 1 atom stereocenters. The van der Waals surface area contributed by atoms with Crippen molar-refractivity contribution in [3.63, 3.8) is 0 Å². The fraction of sp³-hybridized carbons (Fsp3) is 0.308. The Bertz CT molecular complexity index is 666. The molecule has 4 N–H and O–H groups in total. The number of nitrogens with two attached hydrogens (primary N) is 1. The Hall–Kier alpha value is -2.06. The lowest BCUT2D eigenvalue weighted by atomic mass is 10.2. The van der Waals surface area contributed by atoms with Gasteiger partial charge in [-0.3, -0.25) is 10.00 Å². The maximum absolute atomic E-state index is 6.19. The molecule has 0 saturated heterocycles. The third-order valence-corrected chi connectivity index (χ3v) is 3.94. The summed E-state index contributed by atoms with van der Waals surface area (Å²) in [5.41, 5.74) is 8.76. The third kappa shape index (κ3) is 2.59. The summed E-state index contributed by atoms with van der Waals surface area (Å²) in [5.74, 6) is 1.40. The van der Waals surface area contributed by atoms with Crippen molar-refractivity contribution in [1.82, 2.24) is 20.2 Å². The molecule has 0 bridgehead atoms. The number of anilines is 2. The molecule has 3 heterocycles. The van der Waals surface area contributed by atoms with E-state index >= 15 is 0 Å². The summed E-state index contributed by atoms with van der Waals surface area (Å²) in [6.45, 7) is 4.76. The van der Waals surface area contributed by atoms with Crippen molar-refractivity contribution in [3.8, 4) is 0 Å². The van der Waals surface area contributed by atoms with Crippen LogP contribution in [-0.2, 0) is 0 Å². The first kappa shape index (κ1) is 13.9. The maximum Gasteiger partial charge on any atom is 0.232 e. The summed E-state index contributed by atoms with van der Waals surface area (Å²) >= 11 is 1.53. The van der Waals surface area contributed by atoms with Crippen molar-refractivity contribution in [2.45, 2.75) is 19.3 Å². The first-order valence-corrected chi connectivity index (χ1v) is 7.63. The summed E-state index contributed by atoms with van der Waals surface area (Å²) in [6.07, 6.45) is 3.59. The summed E-state index contributed by atoms with van der Waals surface area (Å²) in [7, 11) is 0. The Kier molecular flexibility index (Phi) is 3.80. The zero-order valence-corrected chi connectivity index (χ0v) is 12.7. The van der Waals surface area contributed by atoms with Crippen molar-refractivity contribution in [2.75, 3.05) is 16.8 Å². The van der Waals surface area contributed by atoms with Crippen LogP contribution in [0.2, 0.25) is 0 Å². The lowest BCUT2D eigenvalue weighted by molar-refractivity contribution is 0.880. The fourth-order valence-corrected chi connectivity index (χ4v) is 2.98. The van der Waals surface area contributed by atoms with Gasteiger partial charge in [0.05, 0.1) is 11.3 Å². The van der Waals surface area contributed by atoms with E-state index in [1.807, 2.05) is 36.4 Å². The van der Waals surface area contributed by atoms with E-state index in [1.54, 1.807) is 6.20 Å². The molecule has 0 aliphatic carbocycles. The number of rotatable bonds is 4. The topological polar surface area (TPSA) is 95.8 Å². The molecule has 1 aliphatic rings. The highest BCUT2D eigenvalue weighted by Gasteiger charge is 2.30. The molecule has 2 aromatic heterocycles. The van der Waals surface area contributed by atoms with Gasteiger partial charge < -0.3 is 11.1 Å². The number of nitrogens with zero attached hydrogens (tertiary/aromatic N) is 4. The van der Waals surface area contributed by atoms with E-state index in [1.165, 1.54) is 11.8 Å². The number of hydrogen-bond donors (Lipinski definition) is 3. The summed E-state index contributed by atoms with van der Waals surface area (Å²) in [6, 6.07) is 1.86. The second-order valence-corrected chi connectivity index (χ2v) is 5.57. The van der Waals surface area contributed by atoms with E-state index in [0.29, 0.717) is 5.95 Å². The predicted molar refractivity (Wildman–Crippen MR) is 85.5 cm³/mol. The molecule has 0 saturated carbocycles. The molecule has 7 nitrogen and oxygen atoms in total. The lowest BCUT2D eigenvalue weighted by Gasteiger charge is -2.24. The van der Waals surface area contributed by atoms with Gasteiger partial charge in [0.2, 0.25) is 5.95 Å². The number of aryl methyl sites for hydroxylation is 1. The molecule has 0 spiro atoms. The van der Waals surface area contributed by atoms with Crippen LogP contribution in [0.25, 0.3) is 5.70 Å². The van der Waals surface area contributed by atoms with E-state index in [2.05, 4.69) is 25.5 Å². The highest BCUT2D eigenvalue weighted by Crippen LogP contribution is 2.38. The van der Waals surface area contributed by atoms with Gasteiger partial charge in [0, 0.05) is 24.6 Å². The molecule has 0 amide bonds. The molecular weight excluding hydrogens is 286 g/mol. The van der Waals surface area contributed by atoms with Gasteiger partial charge in [-0.15, -0.1) is 0 Å². The van der Waals surface area contributed by atoms with Crippen LogP contribution in [0.15, 0.2) is 23.9 Å². The van der Waals surface area contributed by atoms with Crippen LogP contribution in [0, 0.1) is 6.92 Å². The molecule has 3 rings (SSSR count). The third-order valence-electron chi connectivity index (χ3n) is 3.09. The number of aromatic amines is 1. The number of nitrogens with one attached hydrogen (secondary N) is 2. The second-order valence-electron chi connectivity index (χ2n) is 4.58. The summed E-state index contributed by atoms with van der Waals surface area (Å²) in [4.78, 5) is 10.7. The smallest absolute Gasteiger partial charge is 0.232 e. The van der Waals surface area contributed by atoms with Crippen LogP contribution in [0.3, 0.4) is 0 Å². The van der Waals surface area contributed by atoms with E-state index in [0.717, 1.165) is 29.3 Å². The minimum atomic E-state index is -0.244. The first-order valence-electron chi connectivity index (χ1n) is 6.69. The Labute approximate surface area is 127 Å². The van der Waals surface area contributed by atoms with Crippen molar-refractivity contribution in [2.24, 2.45) is 5.73 Å². The van der Waals surface area contributed by atoms with E-state index in [4.69, 9.17) is 5.73 Å². The molecule has 110 valence electrons. The van der Waals surface area contributed by atoms with Crippen molar-refractivity contribution >= 4 is 29.2 Å². The first-order chi connectivity index (χ1) is 10.2. The monoisotopic (exact) mass is 303 g/mol. The minimum Gasteiger partial charge on any atom is -0.368 e. The van der Waals surface area contributed by atoms with E-state index in [9.17, 15) is 0 Å². The number of thioether (sulfide) groups is 1. The highest BCUT2D eigenvalue weighted by molar-refractivity contribution is 8.03. The Morgan fingerprint density at radius 3 is 3.14 bits per heavy atom. The number of H-pyrrole nitrogens is 1. The quantitative estimate of drug-likeness (QED) is 0.791.